The second kappa shape index (κ2) is 8.68. The zero-order valence-corrected chi connectivity index (χ0v) is 11.6. The molecule has 2 nitrogen and oxygen atoms in total. The minimum absolute atomic E-state index is 0. The molecule has 15 heavy (non-hydrogen) atoms. The molecule has 0 spiro atoms. The highest BCUT2D eigenvalue weighted by atomic mass is 35.5. The van der Waals surface area contributed by atoms with Crippen LogP contribution in [0.25, 0.3) is 0 Å². The molecule has 0 saturated carbocycles. The van der Waals surface area contributed by atoms with Gasteiger partial charge in [0.15, 0.2) is 0 Å². The fourth-order valence-electron chi connectivity index (χ4n) is 2.32. The molecule has 0 amide bonds. The van der Waals surface area contributed by atoms with Gasteiger partial charge in [-0.05, 0) is 31.1 Å². The van der Waals surface area contributed by atoms with Crippen LogP contribution in [0.15, 0.2) is 0 Å². The number of halogens is 1. The number of hydrogen-bond acceptors (Lipinski definition) is 3. The molecule has 1 aliphatic heterocycles. The summed E-state index contributed by atoms with van der Waals surface area (Å²) in [5.41, 5.74) is 5.84. The van der Waals surface area contributed by atoms with Crippen LogP contribution >= 0.6 is 24.2 Å². The molecule has 0 aromatic carbocycles. The molecule has 1 fully saturated rings. The number of likely N-dealkylation sites (tertiary alicyclic amines) is 1. The third-order valence-corrected chi connectivity index (χ3v) is 4.08. The summed E-state index contributed by atoms with van der Waals surface area (Å²) in [6.45, 7) is 7.89. The van der Waals surface area contributed by atoms with E-state index >= 15 is 0 Å². The van der Waals surface area contributed by atoms with Crippen LogP contribution < -0.4 is 5.73 Å². The molecule has 2 atom stereocenters. The van der Waals surface area contributed by atoms with Gasteiger partial charge in [-0.3, -0.25) is 4.90 Å². The summed E-state index contributed by atoms with van der Waals surface area (Å²) in [6.07, 6.45) is 2.72. The molecule has 1 saturated heterocycles. The molecule has 2 N–H and O–H groups in total. The number of piperidine rings is 1. The van der Waals surface area contributed by atoms with Crippen molar-refractivity contribution in [2.24, 2.45) is 11.7 Å². The van der Waals surface area contributed by atoms with Gasteiger partial charge in [-0.1, -0.05) is 13.8 Å². The largest absolute Gasteiger partial charge is 0.329 e. The number of thioether (sulfide) groups is 1. The van der Waals surface area contributed by atoms with E-state index in [1.807, 2.05) is 11.8 Å². The molecule has 1 aliphatic rings. The molecule has 0 aromatic heterocycles. The lowest BCUT2D eigenvalue weighted by Crippen LogP contribution is -2.49. The van der Waals surface area contributed by atoms with Crippen molar-refractivity contribution in [1.82, 2.24) is 4.90 Å². The summed E-state index contributed by atoms with van der Waals surface area (Å²) < 4.78 is 0. The Labute approximate surface area is 105 Å². The highest BCUT2D eigenvalue weighted by Crippen LogP contribution is 2.22. The van der Waals surface area contributed by atoms with Gasteiger partial charge in [0.05, 0.1) is 0 Å². The van der Waals surface area contributed by atoms with Crippen LogP contribution in [0.3, 0.4) is 0 Å². The molecule has 1 heterocycles. The fraction of sp³-hybridized carbons (Fsp3) is 1.00. The molecule has 1 rings (SSSR count). The van der Waals surface area contributed by atoms with Crippen LogP contribution in [0, 0.1) is 5.92 Å². The van der Waals surface area contributed by atoms with E-state index in [4.69, 9.17) is 5.73 Å². The first-order valence-corrected chi connectivity index (χ1v) is 6.97. The Morgan fingerprint density at radius 1 is 1.47 bits per heavy atom. The zero-order chi connectivity index (χ0) is 10.4. The van der Waals surface area contributed by atoms with Gasteiger partial charge in [0.1, 0.15) is 0 Å². The molecule has 2 unspecified atom stereocenters. The summed E-state index contributed by atoms with van der Waals surface area (Å²) >= 11 is 2.03. The molecule has 0 aliphatic carbocycles. The summed E-state index contributed by atoms with van der Waals surface area (Å²) in [5.74, 6) is 3.29. The lowest BCUT2D eigenvalue weighted by atomic mass is 9.91. The van der Waals surface area contributed by atoms with Crippen LogP contribution in [0.1, 0.15) is 26.7 Å². The first-order chi connectivity index (χ1) is 6.79. The summed E-state index contributed by atoms with van der Waals surface area (Å²) in [4.78, 5) is 2.59. The summed E-state index contributed by atoms with van der Waals surface area (Å²) in [6, 6.07) is 0.640. The molecule has 92 valence electrons. The zero-order valence-electron chi connectivity index (χ0n) is 9.95. The topological polar surface area (TPSA) is 29.3 Å². The van der Waals surface area contributed by atoms with Gasteiger partial charge in [-0.25, -0.2) is 0 Å². The van der Waals surface area contributed by atoms with Crippen LogP contribution in [0.4, 0.5) is 0 Å². The van der Waals surface area contributed by atoms with Crippen molar-refractivity contribution in [2.45, 2.75) is 32.7 Å². The van der Waals surface area contributed by atoms with Gasteiger partial charge in [0.25, 0.3) is 0 Å². The van der Waals surface area contributed by atoms with E-state index in [0.717, 1.165) is 12.5 Å². The van der Waals surface area contributed by atoms with Crippen LogP contribution in [0.2, 0.25) is 0 Å². The maximum absolute atomic E-state index is 5.84. The van der Waals surface area contributed by atoms with Gasteiger partial charge in [-0.2, -0.15) is 11.8 Å². The Morgan fingerprint density at radius 3 is 2.80 bits per heavy atom. The Kier molecular flexibility index (Phi) is 9.01. The SMILES string of the molecule is CCSCCN1CCCC(C)C1CN.Cl. The van der Waals surface area contributed by atoms with E-state index < -0.39 is 0 Å². The number of nitrogens with two attached hydrogens (primary N) is 1. The smallest absolute Gasteiger partial charge is 0.0244 e. The summed E-state index contributed by atoms with van der Waals surface area (Å²) in [7, 11) is 0. The first-order valence-electron chi connectivity index (χ1n) is 5.81. The Balaban J connectivity index is 0.00000196. The maximum Gasteiger partial charge on any atom is 0.0244 e. The predicted molar refractivity (Wildman–Crippen MR) is 73.1 cm³/mol. The average Bonchev–Trinajstić information content (AvgIpc) is 2.18. The second-order valence-electron chi connectivity index (χ2n) is 4.16. The van der Waals surface area contributed by atoms with Gasteiger partial charge >= 0.3 is 0 Å². The van der Waals surface area contributed by atoms with E-state index in [0.29, 0.717) is 6.04 Å². The lowest BCUT2D eigenvalue weighted by molar-refractivity contribution is 0.114. The van der Waals surface area contributed by atoms with Gasteiger partial charge in [0.2, 0.25) is 0 Å². The monoisotopic (exact) mass is 252 g/mol. The summed E-state index contributed by atoms with van der Waals surface area (Å²) in [5, 5.41) is 0. The van der Waals surface area contributed by atoms with Crippen molar-refractivity contribution in [3.63, 3.8) is 0 Å². The molecular formula is C11H25ClN2S. The quantitative estimate of drug-likeness (QED) is 0.761. The number of hydrogen-bond donors (Lipinski definition) is 1. The molecule has 0 radical (unpaired) electrons. The van der Waals surface area contributed by atoms with Gasteiger partial charge < -0.3 is 5.73 Å². The van der Waals surface area contributed by atoms with Crippen molar-refractivity contribution >= 4 is 24.2 Å². The molecular weight excluding hydrogens is 228 g/mol. The van der Waals surface area contributed by atoms with Crippen LogP contribution in [0.5, 0.6) is 0 Å². The minimum Gasteiger partial charge on any atom is -0.329 e. The highest BCUT2D eigenvalue weighted by molar-refractivity contribution is 7.99. The standard InChI is InChI=1S/C11H24N2S.ClH/c1-3-14-8-7-13-6-4-5-10(2)11(13)9-12;/h10-11H,3-9,12H2,1-2H3;1H. The highest BCUT2D eigenvalue weighted by Gasteiger charge is 2.26. The third-order valence-electron chi connectivity index (χ3n) is 3.20. The second-order valence-corrected chi connectivity index (χ2v) is 5.55. The van der Waals surface area contributed by atoms with E-state index in [2.05, 4.69) is 18.7 Å². The van der Waals surface area contributed by atoms with Crippen molar-refractivity contribution in [3.05, 3.63) is 0 Å². The van der Waals surface area contributed by atoms with Crippen molar-refractivity contribution in [3.8, 4) is 0 Å². The number of rotatable bonds is 5. The normalized spacial score (nSPS) is 27.4. The van der Waals surface area contributed by atoms with Crippen LogP contribution in [-0.4, -0.2) is 42.1 Å². The van der Waals surface area contributed by atoms with Gasteiger partial charge in [-0.15, -0.1) is 12.4 Å². The number of nitrogens with zero attached hydrogens (tertiary/aromatic N) is 1. The Hall–Kier alpha value is 0.560. The fourth-order valence-corrected chi connectivity index (χ4v) is 2.97. The Morgan fingerprint density at radius 2 is 2.20 bits per heavy atom. The van der Waals surface area contributed by atoms with E-state index in [1.165, 1.54) is 37.4 Å². The average molecular weight is 253 g/mol. The third kappa shape index (κ3) is 4.94. The predicted octanol–water partition coefficient (Wildman–Crippen LogP) is 2.22. The molecule has 0 bridgehead atoms. The molecule has 0 aromatic rings. The minimum atomic E-state index is 0. The van der Waals surface area contributed by atoms with Crippen molar-refractivity contribution in [1.29, 1.82) is 0 Å². The van der Waals surface area contributed by atoms with E-state index in [1.54, 1.807) is 0 Å². The van der Waals surface area contributed by atoms with Crippen molar-refractivity contribution in [2.75, 3.05) is 31.1 Å². The van der Waals surface area contributed by atoms with Crippen molar-refractivity contribution < 1.29 is 0 Å². The van der Waals surface area contributed by atoms with Crippen LogP contribution in [-0.2, 0) is 0 Å². The maximum atomic E-state index is 5.84. The Bertz CT molecular complexity index is 158. The lowest BCUT2D eigenvalue weighted by Gasteiger charge is -2.39. The van der Waals surface area contributed by atoms with E-state index in [-0.39, 0.29) is 12.4 Å². The van der Waals surface area contributed by atoms with E-state index in [9.17, 15) is 0 Å². The molecule has 4 heteroatoms. The first kappa shape index (κ1) is 15.6. The van der Waals surface area contributed by atoms with Gasteiger partial charge in [0, 0.05) is 24.9 Å².